The van der Waals surface area contributed by atoms with Crippen LogP contribution in [-0.2, 0) is 0 Å². The van der Waals surface area contributed by atoms with E-state index in [1.807, 2.05) is 31.2 Å². The van der Waals surface area contributed by atoms with Crippen LogP contribution in [0.2, 0.25) is 5.02 Å². The van der Waals surface area contributed by atoms with Crippen molar-refractivity contribution in [2.24, 2.45) is 5.92 Å². The van der Waals surface area contributed by atoms with Gasteiger partial charge in [0.1, 0.15) is 5.82 Å². The van der Waals surface area contributed by atoms with Crippen LogP contribution in [0.1, 0.15) is 37.7 Å². The molecule has 0 atom stereocenters. The second-order valence-corrected chi connectivity index (χ2v) is 8.61. The summed E-state index contributed by atoms with van der Waals surface area (Å²) in [5, 5.41) is 0.712. The van der Waals surface area contributed by atoms with Crippen LogP contribution in [0, 0.1) is 12.8 Å². The standard InChI is InChI=1S/C23H29ClN4O/c1-16-13-19(24)15-20-22(16)27-23(26-20)18-6-9-25-21(14-18)29-12-4-3-5-17-7-10-28(2)11-8-17/h6,9,13-15,17H,3-5,7-8,10-12H2,1-2H3,(H,26,27). The largest absolute Gasteiger partial charge is 0.478 e. The van der Waals surface area contributed by atoms with Crippen molar-refractivity contribution < 1.29 is 4.74 Å². The Labute approximate surface area is 177 Å². The Bertz CT molecular complexity index is 963. The van der Waals surface area contributed by atoms with Crippen molar-refractivity contribution in [3.8, 4) is 17.3 Å². The number of halogens is 1. The first kappa shape index (κ1) is 20.2. The van der Waals surface area contributed by atoms with Crippen LogP contribution in [0.3, 0.4) is 0 Å². The number of benzene rings is 1. The fraction of sp³-hybridized carbons (Fsp3) is 0.478. The van der Waals surface area contributed by atoms with Crippen molar-refractivity contribution in [3.05, 3.63) is 41.0 Å². The fourth-order valence-electron chi connectivity index (χ4n) is 4.08. The van der Waals surface area contributed by atoms with Gasteiger partial charge in [0.25, 0.3) is 0 Å². The monoisotopic (exact) mass is 412 g/mol. The van der Waals surface area contributed by atoms with Gasteiger partial charge in [-0.05, 0) is 82.4 Å². The molecule has 4 rings (SSSR count). The van der Waals surface area contributed by atoms with E-state index in [2.05, 4.69) is 21.9 Å². The minimum absolute atomic E-state index is 0.650. The summed E-state index contributed by atoms with van der Waals surface area (Å²) in [5.74, 6) is 2.34. The second-order valence-electron chi connectivity index (χ2n) is 8.18. The van der Waals surface area contributed by atoms with E-state index < -0.39 is 0 Å². The molecule has 1 N–H and O–H groups in total. The number of aromatic amines is 1. The molecule has 29 heavy (non-hydrogen) atoms. The Morgan fingerprint density at radius 3 is 2.86 bits per heavy atom. The molecular formula is C23H29ClN4O. The van der Waals surface area contributed by atoms with Crippen molar-refractivity contribution in [2.45, 2.75) is 39.0 Å². The molecule has 0 radical (unpaired) electrons. The van der Waals surface area contributed by atoms with E-state index in [4.69, 9.17) is 21.3 Å². The highest BCUT2D eigenvalue weighted by molar-refractivity contribution is 6.31. The van der Waals surface area contributed by atoms with Gasteiger partial charge in [-0.25, -0.2) is 9.97 Å². The number of unbranched alkanes of at least 4 members (excludes halogenated alkanes) is 1. The maximum absolute atomic E-state index is 6.16. The lowest BCUT2D eigenvalue weighted by atomic mass is 9.92. The molecule has 154 valence electrons. The van der Waals surface area contributed by atoms with E-state index in [-0.39, 0.29) is 0 Å². The number of likely N-dealkylation sites (tertiary alicyclic amines) is 1. The molecule has 1 fully saturated rings. The number of rotatable bonds is 7. The van der Waals surface area contributed by atoms with Gasteiger partial charge in [0, 0.05) is 22.8 Å². The first-order valence-electron chi connectivity index (χ1n) is 10.5. The summed E-state index contributed by atoms with van der Waals surface area (Å²) in [5.41, 5.74) is 3.91. The van der Waals surface area contributed by atoms with Crippen LogP contribution in [0.4, 0.5) is 0 Å². The molecular weight excluding hydrogens is 384 g/mol. The Morgan fingerprint density at radius 2 is 2.03 bits per heavy atom. The van der Waals surface area contributed by atoms with Crippen LogP contribution in [-0.4, -0.2) is 46.6 Å². The van der Waals surface area contributed by atoms with E-state index in [1.54, 1.807) is 6.20 Å². The molecule has 0 spiro atoms. The number of fused-ring (bicyclic) bond motifs is 1. The molecule has 1 saturated heterocycles. The van der Waals surface area contributed by atoms with Crippen molar-refractivity contribution in [1.82, 2.24) is 19.9 Å². The molecule has 0 saturated carbocycles. The highest BCUT2D eigenvalue weighted by Gasteiger charge is 2.16. The number of imidazole rings is 1. The predicted octanol–water partition coefficient (Wildman–Crippen LogP) is 5.48. The SMILES string of the molecule is Cc1cc(Cl)cc2[nH]c(-c3ccnc(OCCCCC4CCN(C)CC4)c3)nc12. The molecule has 3 heterocycles. The summed E-state index contributed by atoms with van der Waals surface area (Å²) >= 11 is 6.16. The van der Waals surface area contributed by atoms with E-state index in [0.717, 1.165) is 40.3 Å². The molecule has 0 bridgehead atoms. The molecule has 0 aliphatic carbocycles. The molecule has 0 amide bonds. The van der Waals surface area contributed by atoms with Crippen LogP contribution >= 0.6 is 11.6 Å². The Hall–Kier alpha value is -2.11. The molecule has 1 aromatic carbocycles. The zero-order chi connectivity index (χ0) is 20.2. The Kier molecular flexibility index (Phi) is 6.36. The zero-order valence-electron chi connectivity index (χ0n) is 17.2. The highest BCUT2D eigenvalue weighted by Crippen LogP contribution is 2.27. The number of nitrogens with zero attached hydrogens (tertiary/aromatic N) is 3. The molecule has 5 nitrogen and oxygen atoms in total. The molecule has 1 aliphatic heterocycles. The summed E-state index contributed by atoms with van der Waals surface area (Å²) < 4.78 is 5.91. The predicted molar refractivity (Wildman–Crippen MR) is 119 cm³/mol. The fourth-order valence-corrected chi connectivity index (χ4v) is 4.35. The number of piperidine rings is 1. The average Bonchev–Trinajstić information content (AvgIpc) is 3.14. The van der Waals surface area contributed by atoms with Crippen molar-refractivity contribution in [1.29, 1.82) is 0 Å². The Balaban J connectivity index is 1.31. The van der Waals surface area contributed by atoms with Gasteiger partial charge >= 0.3 is 0 Å². The number of H-pyrrole nitrogens is 1. The number of pyridine rings is 1. The van der Waals surface area contributed by atoms with Crippen molar-refractivity contribution >= 4 is 22.6 Å². The van der Waals surface area contributed by atoms with Gasteiger partial charge in [0.2, 0.25) is 5.88 Å². The lowest BCUT2D eigenvalue weighted by Gasteiger charge is -2.28. The van der Waals surface area contributed by atoms with Gasteiger partial charge in [0.05, 0.1) is 17.6 Å². The highest BCUT2D eigenvalue weighted by atomic mass is 35.5. The normalized spacial score (nSPS) is 15.8. The molecule has 3 aromatic rings. The van der Waals surface area contributed by atoms with Crippen molar-refractivity contribution in [2.75, 3.05) is 26.7 Å². The zero-order valence-corrected chi connectivity index (χ0v) is 18.0. The summed E-state index contributed by atoms with van der Waals surface area (Å²) in [4.78, 5) is 14.9. The van der Waals surface area contributed by atoms with E-state index >= 15 is 0 Å². The lowest BCUT2D eigenvalue weighted by Crippen LogP contribution is -2.30. The summed E-state index contributed by atoms with van der Waals surface area (Å²) in [7, 11) is 2.22. The van der Waals surface area contributed by atoms with Gasteiger partial charge in [-0.1, -0.05) is 18.0 Å². The maximum atomic E-state index is 6.16. The molecule has 2 aromatic heterocycles. The number of ether oxygens (including phenoxy) is 1. The van der Waals surface area contributed by atoms with Gasteiger partial charge in [-0.3, -0.25) is 0 Å². The third kappa shape index (κ3) is 5.09. The summed E-state index contributed by atoms with van der Waals surface area (Å²) in [6.07, 6.45) is 8.05. The third-order valence-electron chi connectivity index (χ3n) is 5.85. The number of aromatic nitrogens is 3. The third-order valence-corrected chi connectivity index (χ3v) is 6.06. The maximum Gasteiger partial charge on any atom is 0.213 e. The van der Waals surface area contributed by atoms with Gasteiger partial charge in [-0.15, -0.1) is 0 Å². The molecule has 0 unspecified atom stereocenters. The molecule has 1 aliphatic rings. The van der Waals surface area contributed by atoms with Crippen LogP contribution in [0.25, 0.3) is 22.4 Å². The van der Waals surface area contributed by atoms with E-state index in [0.29, 0.717) is 17.5 Å². The summed E-state index contributed by atoms with van der Waals surface area (Å²) in [6.45, 7) is 5.21. The van der Waals surface area contributed by atoms with Crippen LogP contribution < -0.4 is 4.74 Å². The van der Waals surface area contributed by atoms with Crippen LogP contribution in [0.5, 0.6) is 5.88 Å². The number of hydrogen-bond donors (Lipinski definition) is 1. The van der Waals surface area contributed by atoms with Crippen LogP contribution in [0.15, 0.2) is 30.5 Å². The molecule has 6 heteroatoms. The first-order valence-corrected chi connectivity index (χ1v) is 10.9. The Morgan fingerprint density at radius 1 is 1.21 bits per heavy atom. The minimum atomic E-state index is 0.650. The first-order chi connectivity index (χ1) is 14.1. The topological polar surface area (TPSA) is 54.0 Å². The number of hydrogen-bond acceptors (Lipinski definition) is 4. The van der Waals surface area contributed by atoms with Gasteiger partial charge in [-0.2, -0.15) is 0 Å². The quantitative estimate of drug-likeness (QED) is 0.522. The smallest absolute Gasteiger partial charge is 0.213 e. The summed E-state index contributed by atoms with van der Waals surface area (Å²) in [6, 6.07) is 7.73. The second kappa shape index (κ2) is 9.14. The lowest BCUT2D eigenvalue weighted by molar-refractivity contribution is 0.205. The van der Waals surface area contributed by atoms with Gasteiger partial charge in [0.15, 0.2) is 0 Å². The minimum Gasteiger partial charge on any atom is -0.478 e. The van der Waals surface area contributed by atoms with Gasteiger partial charge < -0.3 is 14.6 Å². The van der Waals surface area contributed by atoms with E-state index in [1.165, 1.54) is 38.8 Å². The average molecular weight is 413 g/mol. The number of aryl methyl sites for hydroxylation is 1. The van der Waals surface area contributed by atoms with E-state index in [9.17, 15) is 0 Å². The van der Waals surface area contributed by atoms with Crippen molar-refractivity contribution in [3.63, 3.8) is 0 Å². The number of nitrogens with one attached hydrogen (secondary N) is 1.